The van der Waals surface area contributed by atoms with E-state index in [2.05, 4.69) is 5.10 Å². The van der Waals surface area contributed by atoms with Crippen LogP contribution >= 0.6 is 0 Å². The number of hydrogen-bond acceptors (Lipinski definition) is 4. The van der Waals surface area contributed by atoms with Gasteiger partial charge in [-0.25, -0.2) is 13.1 Å². The lowest BCUT2D eigenvalue weighted by Crippen LogP contribution is -2.44. The molecular weight excluding hydrogens is 412 g/mol. The van der Waals surface area contributed by atoms with Gasteiger partial charge in [0.1, 0.15) is 4.90 Å². The third kappa shape index (κ3) is 4.41. The highest BCUT2D eigenvalue weighted by Crippen LogP contribution is 2.30. The third-order valence-corrected chi connectivity index (χ3v) is 8.70. The van der Waals surface area contributed by atoms with E-state index in [9.17, 15) is 13.2 Å². The molecule has 3 heterocycles. The number of benzene rings is 1. The van der Waals surface area contributed by atoms with E-state index in [0.717, 1.165) is 31.6 Å². The normalized spacial score (nSPS) is 19.4. The first-order chi connectivity index (χ1) is 14.9. The summed E-state index contributed by atoms with van der Waals surface area (Å²) in [5, 5.41) is 4.50. The van der Waals surface area contributed by atoms with E-state index >= 15 is 0 Å². The summed E-state index contributed by atoms with van der Waals surface area (Å²) in [6.45, 7) is 5.98. The molecule has 2 aliphatic rings. The number of piperidine rings is 1. The smallest absolute Gasteiger partial charge is 0.246 e. The van der Waals surface area contributed by atoms with Crippen molar-refractivity contribution in [3.8, 4) is 5.69 Å². The molecule has 0 unspecified atom stereocenters. The van der Waals surface area contributed by atoms with Gasteiger partial charge in [0.25, 0.3) is 0 Å². The van der Waals surface area contributed by atoms with Gasteiger partial charge in [0.05, 0.1) is 17.1 Å². The topological polar surface area (TPSA) is 75.5 Å². The molecule has 4 rings (SSSR count). The van der Waals surface area contributed by atoms with Crippen LogP contribution in [0.4, 0.5) is 0 Å². The first kappa shape index (κ1) is 22.0. The Morgan fingerprint density at radius 2 is 1.55 bits per heavy atom. The van der Waals surface area contributed by atoms with E-state index in [1.54, 1.807) is 18.5 Å². The van der Waals surface area contributed by atoms with Gasteiger partial charge in [-0.1, -0.05) is 31.0 Å². The van der Waals surface area contributed by atoms with Gasteiger partial charge in [0.15, 0.2) is 0 Å². The van der Waals surface area contributed by atoms with Crippen LogP contribution in [-0.2, 0) is 14.8 Å². The number of carbonyl (C=O) groups is 1. The van der Waals surface area contributed by atoms with Crippen LogP contribution in [0.3, 0.4) is 0 Å². The van der Waals surface area contributed by atoms with Gasteiger partial charge >= 0.3 is 0 Å². The Kier molecular flexibility index (Phi) is 6.48. The van der Waals surface area contributed by atoms with E-state index in [1.807, 2.05) is 35.2 Å². The Morgan fingerprint density at radius 3 is 2.16 bits per heavy atom. The molecule has 0 bridgehead atoms. The number of aromatic nitrogens is 2. The van der Waals surface area contributed by atoms with Gasteiger partial charge < -0.3 is 4.90 Å². The fourth-order valence-electron chi connectivity index (χ4n) is 4.84. The van der Waals surface area contributed by atoms with Crippen LogP contribution in [-0.4, -0.2) is 59.5 Å². The standard InChI is InChI=1S/C23H32N4O3S/c1-18-22(19(2)27(24-18)21-10-6-5-7-11-21)31(29,30)26-16-12-20(13-17-26)23(28)25-14-8-3-4-9-15-25/h5-7,10-11,20H,3-4,8-9,12-17H2,1-2H3. The number of rotatable bonds is 4. The summed E-state index contributed by atoms with van der Waals surface area (Å²) in [7, 11) is -3.67. The zero-order valence-electron chi connectivity index (χ0n) is 18.5. The van der Waals surface area contributed by atoms with Crippen molar-refractivity contribution >= 4 is 15.9 Å². The molecule has 1 amide bonds. The summed E-state index contributed by atoms with van der Waals surface area (Å²) >= 11 is 0. The molecule has 2 fully saturated rings. The second-order valence-electron chi connectivity index (χ2n) is 8.67. The van der Waals surface area contributed by atoms with Crippen molar-refractivity contribution in [2.75, 3.05) is 26.2 Å². The highest BCUT2D eigenvalue weighted by molar-refractivity contribution is 7.89. The third-order valence-electron chi connectivity index (χ3n) is 6.54. The lowest BCUT2D eigenvalue weighted by atomic mass is 9.96. The fraction of sp³-hybridized carbons (Fsp3) is 0.565. The van der Waals surface area contributed by atoms with Gasteiger partial charge in [0.2, 0.25) is 15.9 Å². The molecule has 1 aromatic heterocycles. The molecule has 0 N–H and O–H groups in total. The van der Waals surface area contributed by atoms with Gasteiger partial charge in [-0.2, -0.15) is 9.40 Å². The van der Waals surface area contributed by atoms with Gasteiger partial charge in [-0.3, -0.25) is 4.79 Å². The van der Waals surface area contributed by atoms with E-state index in [-0.39, 0.29) is 16.7 Å². The number of carbonyl (C=O) groups excluding carboxylic acids is 1. The maximum atomic E-state index is 13.5. The average Bonchev–Trinajstić information content (AvgIpc) is 2.95. The molecule has 0 atom stereocenters. The van der Waals surface area contributed by atoms with Crippen molar-refractivity contribution in [1.29, 1.82) is 0 Å². The highest BCUT2D eigenvalue weighted by atomic mass is 32.2. The monoisotopic (exact) mass is 444 g/mol. The van der Waals surface area contributed by atoms with Crippen molar-refractivity contribution < 1.29 is 13.2 Å². The predicted molar refractivity (Wildman–Crippen MR) is 120 cm³/mol. The van der Waals surface area contributed by atoms with Gasteiger partial charge in [0, 0.05) is 32.1 Å². The Hall–Kier alpha value is -2.19. The van der Waals surface area contributed by atoms with Crippen molar-refractivity contribution in [3.05, 3.63) is 41.7 Å². The molecule has 1 aromatic carbocycles. The Balaban J connectivity index is 1.48. The minimum absolute atomic E-state index is 0.0706. The zero-order valence-corrected chi connectivity index (χ0v) is 19.3. The number of para-hydroxylation sites is 1. The molecule has 0 spiro atoms. The second-order valence-corrected chi connectivity index (χ2v) is 10.5. The molecule has 0 aliphatic carbocycles. The van der Waals surface area contributed by atoms with Crippen LogP contribution < -0.4 is 0 Å². The van der Waals surface area contributed by atoms with Crippen molar-refractivity contribution in [1.82, 2.24) is 19.0 Å². The first-order valence-corrected chi connectivity index (χ1v) is 12.7. The highest BCUT2D eigenvalue weighted by Gasteiger charge is 2.36. The van der Waals surface area contributed by atoms with Crippen molar-refractivity contribution in [2.24, 2.45) is 5.92 Å². The summed E-state index contributed by atoms with van der Waals surface area (Å²) < 4.78 is 30.2. The second kappa shape index (κ2) is 9.12. The van der Waals surface area contributed by atoms with Gasteiger partial charge in [-0.05, 0) is 51.7 Å². The van der Waals surface area contributed by atoms with Crippen LogP contribution in [0, 0.1) is 19.8 Å². The molecule has 0 saturated carbocycles. The minimum Gasteiger partial charge on any atom is -0.342 e. The summed E-state index contributed by atoms with van der Waals surface area (Å²) in [5.74, 6) is 0.141. The summed E-state index contributed by atoms with van der Waals surface area (Å²) in [6, 6.07) is 9.56. The average molecular weight is 445 g/mol. The largest absolute Gasteiger partial charge is 0.342 e. The molecular formula is C23H32N4O3S. The van der Waals surface area contributed by atoms with Gasteiger partial charge in [-0.15, -0.1) is 0 Å². The fourth-order valence-corrected chi connectivity index (χ4v) is 6.67. The SMILES string of the molecule is Cc1nn(-c2ccccc2)c(C)c1S(=O)(=O)N1CCC(C(=O)N2CCCCCC2)CC1. The molecule has 2 saturated heterocycles. The molecule has 2 aliphatic heterocycles. The molecule has 2 aromatic rings. The van der Waals surface area contributed by atoms with Crippen molar-refractivity contribution in [3.63, 3.8) is 0 Å². The minimum atomic E-state index is -3.67. The molecule has 31 heavy (non-hydrogen) atoms. The maximum Gasteiger partial charge on any atom is 0.246 e. The van der Waals surface area contributed by atoms with Crippen molar-refractivity contribution in [2.45, 2.75) is 57.3 Å². The van der Waals surface area contributed by atoms with Crippen LogP contribution in [0.15, 0.2) is 35.2 Å². The Labute approximate surface area is 185 Å². The number of likely N-dealkylation sites (tertiary alicyclic amines) is 1. The molecule has 7 nitrogen and oxygen atoms in total. The summed E-state index contributed by atoms with van der Waals surface area (Å²) in [4.78, 5) is 15.2. The Morgan fingerprint density at radius 1 is 0.935 bits per heavy atom. The zero-order chi connectivity index (χ0) is 22.0. The predicted octanol–water partition coefficient (Wildman–Crippen LogP) is 3.29. The van der Waals surface area contributed by atoms with E-state index in [4.69, 9.17) is 0 Å². The number of amides is 1. The molecule has 168 valence electrons. The van der Waals surface area contributed by atoms with Crippen LogP contribution in [0.2, 0.25) is 0 Å². The van der Waals surface area contributed by atoms with E-state index in [0.29, 0.717) is 37.3 Å². The summed E-state index contributed by atoms with van der Waals surface area (Å²) in [6.07, 6.45) is 5.69. The quantitative estimate of drug-likeness (QED) is 0.725. The van der Waals surface area contributed by atoms with Crippen LogP contribution in [0.1, 0.15) is 49.9 Å². The number of nitrogens with zero attached hydrogens (tertiary/aromatic N) is 4. The van der Waals surface area contributed by atoms with Crippen LogP contribution in [0.25, 0.3) is 5.69 Å². The lowest BCUT2D eigenvalue weighted by Gasteiger charge is -2.33. The number of hydrogen-bond donors (Lipinski definition) is 0. The molecule has 0 radical (unpaired) electrons. The maximum absolute atomic E-state index is 13.5. The lowest BCUT2D eigenvalue weighted by molar-refractivity contribution is -0.136. The first-order valence-electron chi connectivity index (χ1n) is 11.3. The van der Waals surface area contributed by atoms with E-state index < -0.39 is 10.0 Å². The number of sulfonamides is 1. The van der Waals surface area contributed by atoms with Crippen LogP contribution in [0.5, 0.6) is 0 Å². The number of aryl methyl sites for hydroxylation is 1. The van der Waals surface area contributed by atoms with E-state index in [1.165, 1.54) is 17.1 Å². The summed E-state index contributed by atoms with van der Waals surface area (Å²) in [5.41, 5.74) is 1.96. The Bertz CT molecular complexity index is 1020. The molecule has 8 heteroatoms.